The second-order valence-corrected chi connectivity index (χ2v) is 7.61. The van der Waals surface area contributed by atoms with E-state index < -0.39 is 5.97 Å². The number of carboxylic acids is 1. The first-order valence-electron chi connectivity index (χ1n) is 8.30. The minimum Gasteiger partial charge on any atom is -0.504 e. The average molecular weight is 319 g/mol. The van der Waals surface area contributed by atoms with Crippen LogP contribution in [0.2, 0.25) is 0 Å². The molecule has 126 valence electrons. The fourth-order valence-electron chi connectivity index (χ4n) is 3.67. The molecule has 3 atom stereocenters. The monoisotopic (exact) mass is 319 g/mol. The van der Waals surface area contributed by atoms with Gasteiger partial charge in [-0.25, -0.2) is 0 Å². The molecule has 2 aliphatic rings. The number of ether oxygens (including phenoxy) is 1. The summed E-state index contributed by atoms with van der Waals surface area (Å²) in [6.45, 7) is 4.95. The molecule has 23 heavy (non-hydrogen) atoms. The summed E-state index contributed by atoms with van der Waals surface area (Å²) in [5, 5.41) is 22.4. The molecule has 1 aromatic carbocycles. The highest BCUT2D eigenvalue weighted by Gasteiger charge is 2.33. The van der Waals surface area contributed by atoms with Gasteiger partial charge in [0.2, 0.25) is 0 Å². The number of phenols is 1. The molecule has 3 N–H and O–H groups in total. The van der Waals surface area contributed by atoms with Crippen molar-refractivity contribution in [1.29, 1.82) is 0 Å². The fourth-order valence-corrected chi connectivity index (χ4v) is 3.67. The SMILES string of the molecule is CC1(C)CCC(Oc2cc(C3CC(C(=O)O)CN3)ccc2O)C1. The Bertz CT molecular complexity index is 599. The van der Waals surface area contributed by atoms with Crippen molar-refractivity contribution in [2.75, 3.05) is 6.54 Å². The minimum atomic E-state index is -0.761. The molecular formula is C18H25NO4. The zero-order valence-electron chi connectivity index (χ0n) is 13.7. The summed E-state index contributed by atoms with van der Waals surface area (Å²) in [5.74, 6) is -0.464. The van der Waals surface area contributed by atoms with Crippen LogP contribution in [0.1, 0.15) is 51.1 Å². The zero-order valence-corrected chi connectivity index (χ0v) is 13.7. The summed E-state index contributed by atoms with van der Waals surface area (Å²) in [6, 6.07) is 5.32. The third-order valence-electron chi connectivity index (χ3n) is 5.08. The molecule has 1 saturated carbocycles. The Balaban J connectivity index is 1.71. The predicted molar refractivity (Wildman–Crippen MR) is 86.6 cm³/mol. The van der Waals surface area contributed by atoms with Gasteiger partial charge in [0, 0.05) is 12.6 Å². The molecule has 1 aliphatic heterocycles. The molecule has 5 nitrogen and oxygen atoms in total. The van der Waals surface area contributed by atoms with Gasteiger partial charge in [0.15, 0.2) is 11.5 Å². The number of nitrogens with one attached hydrogen (secondary N) is 1. The lowest BCUT2D eigenvalue weighted by atomic mass is 9.92. The van der Waals surface area contributed by atoms with Crippen LogP contribution in [0.25, 0.3) is 0 Å². The second-order valence-electron chi connectivity index (χ2n) is 7.61. The third-order valence-corrected chi connectivity index (χ3v) is 5.08. The Hall–Kier alpha value is -1.75. The first-order valence-corrected chi connectivity index (χ1v) is 8.30. The summed E-state index contributed by atoms with van der Waals surface area (Å²) < 4.78 is 6.02. The van der Waals surface area contributed by atoms with Crippen molar-refractivity contribution in [3.8, 4) is 11.5 Å². The molecule has 0 aromatic heterocycles. The maximum absolute atomic E-state index is 11.1. The van der Waals surface area contributed by atoms with Crippen molar-refractivity contribution >= 4 is 5.97 Å². The van der Waals surface area contributed by atoms with Gasteiger partial charge >= 0.3 is 5.97 Å². The molecule has 0 bridgehead atoms. The Morgan fingerprint density at radius 2 is 2.17 bits per heavy atom. The number of aliphatic carboxylic acids is 1. The summed E-state index contributed by atoms with van der Waals surface area (Å²) in [5.41, 5.74) is 1.26. The number of phenolic OH excluding ortho intramolecular Hbond substituents is 1. The van der Waals surface area contributed by atoms with Crippen LogP contribution in [0.3, 0.4) is 0 Å². The quantitative estimate of drug-likeness (QED) is 0.795. The van der Waals surface area contributed by atoms with Crippen molar-refractivity contribution in [2.45, 2.75) is 51.7 Å². The van der Waals surface area contributed by atoms with Gasteiger partial charge in [0.25, 0.3) is 0 Å². The van der Waals surface area contributed by atoms with E-state index in [0.29, 0.717) is 24.1 Å². The van der Waals surface area contributed by atoms with Crippen molar-refractivity contribution in [3.05, 3.63) is 23.8 Å². The first-order chi connectivity index (χ1) is 10.8. The van der Waals surface area contributed by atoms with E-state index in [-0.39, 0.29) is 23.8 Å². The van der Waals surface area contributed by atoms with E-state index >= 15 is 0 Å². The van der Waals surface area contributed by atoms with Gasteiger partial charge in [-0.15, -0.1) is 0 Å². The van der Waals surface area contributed by atoms with Crippen molar-refractivity contribution in [1.82, 2.24) is 5.32 Å². The Labute approximate surface area is 136 Å². The van der Waals surface area contributed by atoms with Crippen LogP contribution in [0.4, 0.5) is 0 Å². The van der Waals surface area contributed by atoms with E-state index in [2.05, 4.69) is 19.2 Å². The van der Waals surface area contributed by atoms with Crippen LogP contribution < -0.4 is 10.1 Å². The van der Waals surface area contributed by atoms with Crippen LogP contribution >= 0.6 is 0 Å². The zero-order chi connectivity index (χ0) is 16.6. The molecule has 3 unspecified atom stereocenters. The molecule has 0 spiro atoms. The number of rotatable bonds is 4. The second kappa shape index (κ2) is 6.04. The maximum atomic E-state index is 11.1. The topological polar surface area (TPSA) is 78.8 Å². The summed E-state index contributed by atoms with van der Waals surface area (Å²) in [6.07, 6.45) is 3.81. The molecular weight excluding hydrogens is 294 g/mol. The van der Waals surface area contributed by atoms with Gasteiger partial charge in [-0.3, -0.25) is 4.79 Å². The Morgan fingerprint density at radius 3 is 2.78 bits per heavy atom. The number of aromatic hydroxyl groups is 1. The van der Waals surface area contributed by atoms with Gasteiger partial charge in [-0.1, -0.05) is 19.9 Å². The highest BCUT2D eigenvalue weighted by atomic mass is 16.5. The Kier molecular flexibility index (Phi) is 4.23. The summed E-state index contributed by atoms with van der Waals surface area (Å²) >= 11 is 0. The molecule has 0 radical (unpaired) electrons. The minimum absolute atomic E-state index is 0.000862. The van der Waals surface area contributed by atoms with Crippen molar-refractivity contribution in [3.63, 3.8) is 0 Å². The smallest absolute Gasteiger partial charge is 0.307 e. The number of hydrogen-bond donors (Lipinski definition) is 3. The van der Waals surface area contributed by atoms with Gasteiger partial charge in [0.1, 0.15) is 0 Å². The van der Waals surface area contributed by atoms with Gasteiger partial charge in [-0.05, 0) is 48.8 Å². The lowest BCUT2D eigenvalue weighted by Crippen LogP contribution is -2.17. The number of carboxylic acid groups (broad SMARTS) is 1. The lowest BCUT2D eigenvalue weighted by Gasteiger charge is -2.20. The normalized spacial score (nSPS) is 29.6. The Morgan fingerprint density at radius 1 is 1.39 bits per heavy atom. The number of carbonyl (C=O) groups is 1. The average Bonchev–Trinajstić information content (AvgIpc) is 3.08. The highest BCUT2D eigenvalue weighted by Crippen LogP contribution is 2.41. The van der Waals surface area contributed by atoms with Crippen molar-refractivity contribution in [2.24, 2.45) is 11.3 Å². The molecule has 1 aliphatic carbocycles. The summed E-state index contributed by atoms with van der Waals surface area (Å²) in [4.78, 5) is 11.1. The lowest BCUT2D eigenvalue weighted by molar-refractivity contribution is -0.141. The van der Waals surface area contributed by atoms with Crippen molar-refractivity contribution < 1.29 is 19.7 Å². The summed E-state index contributed by atoms with van der Waals surface area (Å²) in [7, 11) is 0. The van der Waals surface area contributed by atoms with E-state index in [4.69, 9.17) is 9.84 Å². The van der Waals surface area contributed by atoms with Crippen LogP contribution in [0.15, 0.2) is 18.2 Å². The van der Waals surface area contributed by atoms with E-state index in [1.807, 2.05) is 12.1 Å². The fraction of sp³-hybridized carbons (Fsp3) is 0.611. The molecule has 1 aromatic rings. The standard InChI is InChI=1S/C18H25NO4/c1-18(2)6-5-13(9-18)23-16-8-11(3-4-15(16)20)14-7-12(10-19-14)17(21)22/h3-4,8,12-14,19-20H,5-7,9-10H2,1-2H3,(H,21,22). The third kappa shape index (κ3) is 3.61. The van der Waals surface area contributed by atoms with Gasteiger partial charge < -0.3 is 20.3 Å². The highest BCUT2D eigenvalue weighted by molar-refractivity contribution is 5.70. The van der Waals surface area contributed by atoms with Crippen LogP contribution in [0.5, 0.6) is 11.5 Å². The van der Waals surface area contributed by atoms with Crippen LogP contribution in [0, 0.1) is 11.3 Å². The van der Waals surface area contributed by atoms with E-state index in [1.54, 1.807) is 6.07 Å². The maximum Gasteiger partial charge on any atom is 0.307 e. The molecule has 1 heterocycles. The first kappa shape index (κ1) is 16.1. The predicted octanol–water partition coefficient (Wildman–Crippen LogP) is 3.08. The molecule has 2 fully saturated rings. The largest absolute Gasteiger partial charge is 0.504 e. The number of hydrogen-bond acceptors (Lipinski definition) is 4. The van der Waals surface area contributed by atoms with Crippen LogP contribution in [-0.2, 0) is 4.79 Å². The van der Waals surface area contributed by atoms with Crippen LogP contribution in [-0.4, -0.2) is 28.8 Å². The number of benzene rings is 1. The molecule has 0 amide bonds. The molecule has 5 heteroatoms. The van der Waals surface area contributed by atoms with E-state index in [1.165, 1.54) is 0 Å². The van der Waals surface area contributed by atoms with Gasteiger partial charge in [-0.2, -0.15) is 0 Å². The molecule has 1 saturated heterocycles. The van der Waals surface area contributed by atoms with E-state index in [9.17, 15) is 9.90 Å². The van der Waals surface area contributed by atoms with Gasteiger partial charge in [0.05, 0.1) is 12.0 Å². The van der Waals surface area contributed by atoms with E-state index in [0.717, 1.165) is 24.8 Å². The molecule has 3 rings (SSSR count).